The molecule has 8 heteroatoms. The SMILES string of the molecule is CCOC(=O)C1(c2ccc(-c3ccccc3)c(-c3sc(Cl)cc3NC(=O)OC(C)c3ccccc3Cl)c2)CC1. The molecule has 0 radical (unpaired) electrons. The van der Waals surface area contributed by atoms with E-state index < -0.39 is 17.6 Å². The van der Waals surface area contributed by atoms with Gasteiger partial charge < -0.3 is 9.47 Å². The van der Waals surface area contributed by atoms with Crippen molar-refractivity contribution >= 4 is 52.3 Å². The number of halogens is 2. The highest BCUT2D eigenvalue weighted by molar-refractivity contribution is 7.20. The van der Waals surface area contributed by atoms with Crippen LogP contribution in [0.5, 0.6) is 0 Å². The van der Waals surface area contributed by atoms with Gasteiger partial charge in [0.1, 0.15) is 6.10 Å². The number of amides is 1. The maximum absolute atomic E-state index is 13.0. The third-order valence-electron chi connectivity index (χ3n) is 6.88. The highest BCUT2D eigenvalue weighted by atomic mass is 35.5. The zero-order chi connectivity index (χ0) is 27.6. The van der Waals surface area contributed by atoms with Crippen LogP contribution in [0.1, 0.15) is 43.9 Å². The number of carbonyl (C=O) groups excluding carboxylic acids is 2. The monoisotopic (exact) mass is 579 g/mol. The maximum Gasteiger partial charge on any atom is 0.412 e. The first-order valence-electron chi connectivity index (χ1n) is 12.7. The van der Waals surface area contributed by atoms with Crippen LogP contribution in [0.3, 0.4) is 0 Å². The van der Waals surface area contributed by atoms with Gasteiger partial charge >= 0.3 is 12.1 Å². The van der Waals surface area contributed by atoms with E-state index in [-0.39, 0.29) is 5.97 Å². The molecule has 1 aliphatic rings. The summed E-state index contributed by atoms with van der Waals surface area (Å²) in [6, 6.07) is 25.0. The molecule has 0 saturated heterocycles. The lowest BCUT2D eigenvalue weighted by atomic mass is 9.89. The molecule has 1 saturated carbocycles. The molecule has 39 heavy (non-hydrogen) atoms. The van der Waals surface area contributed by atoms with Crippen LogP contribution in [0.2, 0.25) is 9.36 Å². The largest absolute Gasteiger partial charge is 0.465 e. The molecule has 200 valence electrons. The Kier molecular flexibility index (Phi) is 7.98. The van der Waals surface area contributed by atoms with Gasteiger partial charge in [-0.2, -0.15) is 0 Å². The van der Waals surface area contributed by atoms with Crippen LogP contribution in [0.25, 0.3) is 21.6 Å². The molecule has 3 aromatic carbocycles. The van der Waals surface area contributed by atoms with E-state index >= 15 is 0 Å². The Labute approximate surface area is 241 Å². The minimum Gasteiger partial charge on any atom is -0.465 e. The second-order valence-corrected chi connectivity index (χ2v) is 11.5. The molecule has 1 fully saturated rings. The van der Waals surface area contributed by atoms with Crippen molar-refractivity contribution in [2.75, 3.05) is 11.9 Å². The van der Waals surface area contributed by atoms with Crippen molar-refractivity contribution in [2.24, 2.45) is 0 Å². The number of benzene rings is 3. The van der Waals surface area contributed by atoms with E-state index in [0.29, 0.717) is 27.2 Å². The fourth-order valence-corrected chi connectivity index (χ4v) is 6.23. The number of thiophene rings is 1. The molecule has 1 unspecified atom stereocenters. The number of esters is 1. The Balaban J connectivity index is 1.51. The molecule has 4 aromatic rings. The highest BCUT2D eigenvalue weighted by Crippen LogP contribution is 2.52. The Bertz CT molecular complexity index is 1510. The molecule has 0 bridgehead atoms. The second kappa shape index (κ2) is 11.4. The van der Waals surface area contributed by atoms with Crippen LogP contribution < -0.4 is 5.32 Å². The maximum atomic E-state index is 13.0. The standard InChI is InChI=1S/C31H27Cl2NO4S/c1-3-37-29(35)31(15-16-31)21-13-14-23(20-9-5-4-6-10-20)24(17-21)28-26(18-27(33)39-28)34-30(36)38-19(2)22-11-7-8-12-25(22)32/h4-14,17-19H,3,15-16H2,1-2H3,(H,34,36). The molecule has 1 aromatic heterocycles. The minimum absolute atomic E-state index is 0.205. The molecule has 1 N–H and O–H groups in total. The van der Waals surface area contributed by atoms with E-state index in [1.807, 2.05) is 73.7 Å². The third kappa shape index (κ3) is 5.69. The number of rotatable bonds is 8. The first-order valence-corrected chi connectivity index (χ1v) is 14.3. The quantitative estimate of drug-likeness (QED) is 0.211. The van der Waals surface area contributed by atoms with Crippen molar-refractivity contribution in [1.29, 1.82) is 0 Å². The minimum atomic E-state index is -0.641. The smallest absolute Gasteiger partial charge is 0.412 e. The van der Waals surface area contributed by atoms with Gasteiger partial charge in [0.2, 0.25) is 0 Å². The number of hydrogen-bond acceptors (Lipinski definition) is 5. The average Bonchev–Trinajstić information content (AvgIpc) is 3.67. The predicted octanol–water partition coefficient (Wildman–Crippen LogP) is 9.29. The number of ether oxygens (including phenoxy) is 2. The van der Waals surface area contributed by atoms with Crippen LogP contribution in [-0.4, -0.2) is 18.7 Å². The van der Waals surface area contributed by atoms with Crippen LogP contribution in [0, 0.1) is 0 Å². The molecule has 1 atom stereocenters. The molecule has 1 amide bonds. The third-order valence-corrected chi connectivity index (χ3v) is 8.53. The summed E-state index contributed by atoms with van der Waals surface area (Å²) in [5.41, 5.74) is 4.31. The summed E-state index contributed by atoms with van der Waals surface area (Å²) >= 11 is 14.1. The van der Waals surface area contributed by atoms with Gasteiger partial charge in [0, 0.05) is 16.1 Å². The van der Waals surface area contributed by atoms with Gasteiger partial charge in [-0.1, -0.05) is 83.9 Å². The number of hydrogen-bond donors (Lipinski definition) is 1. The molecular formula is C31H27Cl2NO4S. The highest BCUT2D eigenvalue weighted by Gasteiger charge is 2.53. The van der Waals surface area contributed by atoms with Gasteiger partial charge in [-0.3, -0.25) is 10.1 Å². The molecule has 0 spiro atoms. The normalized spacial score (nSPS) is 14.4. The van der Waals surface area contributed by atoms with Gasteiger partial charge in [-0.15, -0.1) is 11.3 Å². The van der Waals surface area contributed by atoms with E-state index in [4.69, 9.17) is 32.7 Å². The van der Waals surface area contributed by atoms with Crippen molar-refractivity contribution in [2.45, 2.75) is 38.2 Å². The summed E-state index contributed by atoms with van der Waals surface area (Å²) in [6.45, 7) is 3.91. The Morgan fingerprint density at radius 2 is 1.69 bits per heavy atom. The lowest BCUT2D eigenvalue weighted by molar-refractivity contribution is -0.146. The van der Waals surface area contributed by atoms with Gasteiger partial charge in [0.15, 0.2) is 0 Å². The fourth-order valence-electron chi connectivity index (χ4n) is 4.73. The molecule has 0 aliphatic heterocycles. The number of anilines is 1. The fraction of sp³-hybridized carbons (Fsp3) is 0.226. The van der Waals surface area contributed by atoms with E-state index in [2.05, 4.69) is 5.32 Å². The van der Waals surface area contributed by atoms with E-state index in [1.165, 1.54) is 11.3 Å². The Hall–Kier alpha value is -3.32. The van der Waals surface area contributed by atoms with E-state index in [1.54, 1.807) is 19.1 Å². The molecule has 1 aliphatic carbocycles. The Morgan fingerprint density at radius 1 is 0.974 bits per heavy atom. The van der Waals surface area contributed by atoms with E-state index in [9.17, 15) is 9.59 Å². The topological polar surface area (TPSA) is 64.6 Å². The van der Waals surface area contributed by atoms with Crippen LogP contribution >= 0.6 is 34.5 Å². The summed E-state index contributed by atoms with van der Waals surface area (Å²) in [4.78, 5) is 26.6. The van der Waals surface area contributed by atoms with Gasteiger partial charge in [0.25, 0.3) is 0 Å². The molecular weight excluding hydrogens is 553 g/mol. The average molecular weight is 581 g/mol. The summed E-state index contributed by atoms with van der Waals surface area (Å²) in [5, 5.41) is 3.40. The summed E-state index contributed by atoms with van der Waals surface area (Å²) in [6.07, 6.45) is 0.288. The van der Waals surface area contributed by atoms with Gasteiger partial charge in [-0.25, -0.2) is 4.79 Å². The van der Waals surface area contributed by atoms with Crippen molar-refractivity contribution in [3.8, 4) is 21.6 Å². The summed E-state index contributed by atoms with van der Waals surface area (Å²) in [7, 11) is 0. The Morgan fingerprint density at radius 3 is 2.38 bits per heavy atom. The molecule has 5 nitrogen and oxygen atoms in total. The second-order valence-electron chi connectivity index (χ2n) is 9.42. The number of nitrogens with one attached hydrogen (secondary N) is 1. The van der Waals surface area contributed by atoms with E-state index in [0.717, 1.165) is 40.0 Å². The summed E-state index contributed by atoms with van der Waals surface area (Å²) in [5.74, 6) is -0.205. The van der Waals surface area contributed by atoms with Crippen molar-refractivity contribution in [3.05, 3.63) is 99.3 Å². The van der Waals surface area contributed by atoms with Crippen LogP contribution in [-0.2, 0) is 19.7 Å². The van der Waals surface area contributed by atoms with Crippen LogP contribution in [0.4, 0.5) is 10.5 Å². The summed E-state index contributed by atoms with van der Waals surface area (Å²) < 4.78 is 11.6. The zero-order valence-corrected chi connectivity index (χ0v) is 23.8. The predicted molar refractivity (Wildman–Crippen MR) is 158 cm³/mol. The lowest BCUT2D eigenvalue weighted by Crippen LogP contribution is -2.23. The molecule has 1 heterocycles. The van der Waals surface area contributed by atoms with Crippen molar-refractivity contribution < 1.29 is 19.1 Å². The zero-order valence-electron chi connectivity index (χ0n) is 21.5. The van der Waals surface area contributed by atoms with Gasteiger partial charge in [0.05, 0.1) is 26.9 Å². The first kappa shape index (κ1) is 27.3. The van der Waals surface area contributed by atoms with Crippen molar-refractivity contribution in [1.82, 2.24) is 0 Å². The van der Waals surface area contributed by atoms with Gasteiger partial charge in [-0.05, 0) is 61.6 Å². The van der Waals surface area contributed by atoms with Crippen molar-refractivity contribution in [3.63, 3.8) is 0 Å². The number of carbonyl (C=O) groups is 2. The van der Waals surface area contributed by atoms with Crippen LogP contribution in [0.15, 0.2) is 78.9 Å². The first-order chi connectivity index (χ1) is 18.8. The molecule has 5 rings (SSSR count). The lowest BCUT2D eigenvalue weighted by Gasteiger charge is -2.19.